The summed E-state index contributed by atoms with van der Waals surface area (Å²) in [5, 5.41) is 3.70. The number of hydrogen-bond acceptors (Lipinski definition) is 2. The molecular formula is C18H20BrNO. The molecule has 3 heteroatoms. The van der Waals surface area contributed by atoms with Crippen molar-refractivity contribution in [3.05, 3.63) is 58.1 Å². The Morgan fingerprint density at radius 1 is 1.19 bits per heavy atom. The third-order valence-electron chi connectivity index (χ3n) is 4.27. The van der Waals surface area contributed by atoms with Gasteiger partial charge in [0.05, 0.1) is 18.8 Å². The molecule has 0 radical (unpaired) electrons. The molecule has 0 saturated carbocycles. The van der Waals surface area contributed by atoms with Crippen LogP contribution >= 0.6 is 15.9 Å². The zero-order valence-electron chi connectivity index (χ0n) is 12.6. The highest BCUT2D eigenvalue weighted by Gasteiger charge is 2.38. The van der Waals surface area contributed by atoms with Crippen LogP contribution in [0.2, 0.25) is 0 Å². The fraction of sp³-hybridized carbons (Fsp3) is 0.333. The van der Waals surface area contributed by atoms with Crippen molar-refractivity contribution in [3.8, 4) is 5.75 Å². The van der Waals surface area contributed by atoms with E-state index in [1.54, 1.807) is 7.11 Å². The van der Waals surface area contributed by atoms with E-state index in [1.807, 2.05) is 18.2 Å². The van der Waals surface area contributed by atoms with Crippen LogP contribution in [0.4, 0.5) is 5.69 Å². The van der Waals surface area contributed by atoms with Gasteiger partial charge in [0.2, 0.25) is 0 Å². The summed E-state index contributed by atoms with van der Waals surface area (Å²) in [6, 6.07) is 15.0. The van der Waals surface area contributed by atoms with Gasteiger partial charge in [0.25, 0.3) is 0 Å². The fourth-order valence-corrected chi connectivity index (χ4v) is 3.52. The summed E-state index contributed by atoms with van der Waals surface area (Å²) < 4.78 is 6.39. The highest BCUT2D eigenvalue weighted by atomic mass is 79.9. The van der Waals surface area contributed by atoms with Crippen LogP contribution in [-0.2, 0) is 6.42 Å². The third kappa shape index (κ3) is 2.67. The van der Waals surface area contributed by atoms with E-state index in [-0.39, 0.29) is 5.41 Å². The Morgan fingerprint density at radius 2 is 1.95 bits per heavy atom. The van der Waals surface area contributed by atoms with E-state index in [0.29, 0.717) is 6.04 Å². The number of benzene rings is 2. The molecule has 1 aliphatic rings. The Hall–Kier alpha value is -1.48. The maximum atomic E-state index is 5.33. The largest absolute Gasteiger partial charge is 0.497 e. The molecule has 0 heterocycles. The summed E-state index contributed by atoms with van der Waals surface area (Å²) >= 11 is 3.63. The lowest BCUT2D eigenvalue weighted by Gasteiger charge is -2.30. The number of nitrogens with one attached hydrogen (secondary N) is 1. The second-order valence-corrected chi connectivity index (χ2v) is 7.14. The summed E-state index contributed by atoms with van der Waals surface area (Å²) in [4.78, 5) is 0. The van der Waals surface area contributed by atoms with Gasteiger partial charge >= 0.3 is 0 Å². The molecule has 1 atom stereocenters. The number of anilines is 1. The van der Waals surface area contributed by atoms with Gasteiger partial charge in [-0.05, 0) is 51.0 Å². The van der Waals surface area contributed by atoms with Crippen molar-refractivity contribution in [1.82, 2.24) is 0 Å². The highest BCUT2D eigenvalue weighted by Crippen LogP contribution is 2.47. The normalized spacial score (nSPS) is 19.1. The summed E-state index contributed by atoms with van der Waals surface area (Å²) in [6.07, 6.45) is 1.10. The molecule has 1 aliphatic carbocycles. The van der Waals surface area contributed by atoms with Gasteiger partial charge in [-0.15, -0.1) is 0 Å². The van der Waals surface area contributed by atoms with Crippen LogP contribution in [0.3, 0.4) is 0 Å². The molecule has 0 bridgehead atoms. The van der Waals surface area contributed by atoms with Crippen molar-refractivity contribution in [1.29, 1.82) is 0 Å². The first kappa shape index (κ1) is 14.5. The fourth-order valence-electron chi connectivity index (χ4n) is 3.16. The van der Waals surface area contributed by atoms with Crippen molar-refractivity contribution in [2.45, 2.75) is 26.3 Å². The molecule has 0 fully saturated rings. The smallest absolute Gasteiger partial charge is 0.121 e. The van der Waals surface area contributed by atoms with Crippen molar-refractivity contribution in [2.24, 2.45) is 5.41 Å². The van der Waals surface area contributed by atoms with Gasteiger partial charge in [0.15, 0.2) is 0 Å². The van der Waals surface area contributed by atoms with Crippen LogP contribution in [0.15, 0.2) is 46.9 Å². The Kier molecular flexibility index (Phi) is 3.70. The molecular weight excluding hydrogens is 326 g/mol. The van der Waals surface area contributed by atoms with Gasteiger partial charge in [-0.2, -0.15) is 0 Å². The Bertz CT molecular complexity index is 666. The predicted molar refractivity (Wildman–Crippen MR) is 91.0 cm³/mol. The van der Waals surface area contributed by atoms with E-state index in [0.717, 1.165) is 22.3 Å². The summed E-state index contributed by atoms with van der Waals surface area (Å²) in [5.41, 5.74) is 4.10. The second kappa shape index (κ2) is 5.38. The van der Waals surface area contributed by atoms with E-state index >= 15 is 0 Å². The Morgan fingerprint density at radius 3 is 2.71 bits per heavy atom. The van der Waals surface area contributed by atoms with Gasteiger partial charge in [-0.1, -0.05) is 38.1 Å². The number of hydrogen-bond donors (Lipinski definition) is 1. The van der Waals surface area contributed by atoms with Crippen LogP contribution < -0.4 is 10.1 Å². The van der Waals surface area contributed by atoms with Crippen molar-refractivity contribution < 1.29 is 4.74 Å². The molecule has 1 N–H and O–H groups in total. The van der Waals surface area contributed by atoms with Crippen LogP contribution in [0.1, 0.15) is 31.0 Å². The molecule has 1 unspecified atom stereocenters. The van der Waals surface area contributed by atoms with Gasteiger partial charge in [-0.3, -0.25) is 0 Å². The summed E-state index contributed by atoms with van der Waals surface area (Å²) in [7, 11) is 1.70. The molecule has 21 heavy (non-hydrogen) atoms. The minimum atomic E-state index is 0.187. The molecule has 0 amide bonds. The number of ether oxygens (including phenoxy) is 1. The van der Waals surface area contributed by atoms with Crippen molar-refractivity contribution in [3.63, 3.8) is 0 Å². The summed E-state index contributed by atoms with van der Waals surface area (Å²) in [6.45, 7) is 4.64. The quantitative estimate of drug-likeness (QED) is 0.825. The molecule has 0 saturated heterocycles. The van der Waals surface area contributed by atoms with E-state index in [9.17, 15) is 0 Å². The first-order chi connectivity index (χ1) is 10.0. The predicted octanol–water partition coefficient (Wildman–Crippen LogP) is 5.19. The van der Waals surface area contributed by atoms with E-state index in [4.69, 9.17) is 4.74 Å². The molecule has 0 spiro atoms. The van der Waals surface area contributed by atoms with E-state index in [2.05, 4.69) is 59.4 Å². The van der Waals surface area contributed by atoms with Gasteiger partial charge in [-0.25, -0.2) is 0 Å². The average molecular weight is 346 g/mol. The average Bonchev–Trinajstić information content (AvgIpc) is 2.72. The maximum Gasteiger partial charge on any atom is 0.121 e. The lowest BCUT2D eigenvalue weighted by Crippen LogP contribution is -2.24. The molecule has 110 valence electrons. The zero-order valence-corrected chi connectivity index (χ0v) is 14.2. The molecule has 2 aromatic carbocycles. The Balaban J connectivity index is 1.97. The molecule has 2 aromatic rings. The standard InChI is InChI=1S/C18H20BrNO/c1-18(2)11-12-6-4-5-7-14(12)17(18)20-16-10-13(21-3)8-9-15(16)19/h4-10,17,20H,11H2,1-3H3. The molecule has 3 rings (SSSR count). The van der Waals surface area contributed by atoms with Crippen LogP contribution in [-0.4, -0.2) is 7.11 Å². The molecule has 0 aliphatic heterocycles. The first-order valence-corrected chi connectivity index (χ1v) is 7.98. The number of halogens is 1. The first-order valence-electron chi connectivity index (χ1n) is 7.19. The molecule has 2 nitrogen and oxygen atoms in total. The van der Waals surface area contributed by atoms with Crippen LogP contribution in [0.25, 0.3) is 0 Å². The van der Waals surface area contributed by atoms with Gasteiger partial charge in [0, 0.05) is 10.5 Å². The zero-order chi connectivity index (χ0) is 15.0. The second-order valence-electron chi connectivity index (χ2n) is 6.29. The van der Waals surface area contributed by atoms with E-state index in [1.165, 1.54) is 11.1 Å². The third-order valence-corrected chi connectivity index (χ3v) is 4.96. The summed E-state index contributed by atoms with van der Waals surface area (Å²) in [5.74, 6) is 0.866. The van der Waals surface area contributed by atoms with Gasteiger partial charge in [0.1, 0.15) is 5.75 Å². The van der Waals surface area contributed by atoms with E-state index < -0.39 is 0 Å². The number of rotatable bonds is 3. The minimum absolute atomic E-state index is 0.187. The van der Waals surface area contributed by atoms with Crippen molar-refractivity contribution >= 4 is 21.6 Å². The number of methoxy groups -OCH3 is 1. The minimum Gasteiger partial charge on any atom is -0.497 e. The lowest BCUT2D eigenvalue weighted by atomic mass is 9.85. The molecule has 0 aromatic heterocycles. The van der Waals surface area contributed by atoms with Gasteiger partial charge < -0.3 is 10.1 Å². The lowest BCUT2D eigenvalue weighted by molar-refractivity contribution is 0.337. The monoisotopic (exact) mass is 345 g/mol. The number of fused-ring (bicyclic) bond motifs is 1. The van der Waals surface area contributed by atoms with Crippen LogP contribution in [0.5, 0.6) is 5.75 Å². The Labute approximate surface area is 134 Å². The van der Waals surface area contributed by atoms with Crippen LogP contribution in [0, 0.1) is 5.41 Å². The van der Waals surface area contributed by atoms with Crippen molar-refractivity contribution in [2.75, 3.05) is 12.4 Å². The SMILES string of the molecule is COc1ccc(Br)c(NC2c3ccccc3CC2(C)C)c1. The highest BCUT2D eigenvalue weighted by molar-refractivity contribution is 9.10. The maximum absolute atomic E-state index is 5.33. The topological polar surface area (TPSA) is 21.3 Å².